The van der Waals surface area contributed by atoms with Crippen LogP contribution >= 0.6 is 0 Å². The van der Waals surface area contributed by atoms with Gasteiger partial charge in [-0.25, -0.2) is 13.6 Å². The maximum Gasteiger partial charge on any atom is 0.254 e. The van der Waals surface area contributed by atoms with Crippen molar-refractivity contribution >= 4 is 33.1 Å². The molecule has 0 saturated carbocycles. The number of anilines is 2. The lowest BCUT2D eigenvalue weighted by atomic mass is 9.90. The average Bonchev–Trinajstić information content (AvgIpc) is 2.99. The molecule has 0 radical (unpaired) electrons. The summed E-state index contributed by atoms with van der Waals surface area (Å²) in [6, 6.07) is 12.3. The molecule has 2 atom stereocenters. The molecule has 0 spiro atoms. The molecular weight excluding hydrogens is 574 g/mol. The second kappa shape index (κ2) is 13.5. The highest BCUT2D eigenvalue weighted by atomic mass is 32.2. The van der Waals surface area contributed by atoms with Crippen molar-refractivity contribution in [3.05, 3.63) is 69.1 Å². The molecule has 44 heavy (non-hydrogen) atoms. The molecule has 10 nitrogen and oxygen atoms in total. The number of benzene rings is 2. The Labute approximate surface area is 261 Å². The first-order valence-corrected chi connectivity index (χ1v) is 16.3. The molecule has 0 unspecified atom stereocenters. The van der Waals surface area contributed by atoms with Crippen LogP contribution in [-0.4, -0.2) is 82.3 Å². The number of nitrogens with zero attached hydrogens (tertiary/aromatic N) is 5. The van der Waals surface area contributed by atoms with Crippen molar-refractivity contribution in [2.24, 2.45) is 16.0 Å². The maximum absolute atomic E-state index is 13.9. The van der Waals surface area contributed by atoms with E-state index in [0.29, 0.717) is 43.2 Å². The molecule has 0 bridgehead atoms. The molecule has 2 aromatic carbocycles. The zero-order valence-electron chi connectivity index (χ0n) is 26.1. The number of carbonyl (C=O) groups excluding carboxylic acids is 1. The SMILES string of the molecule is C#C/C=C(\C(=NC)N1CCN(C(=O)c2c(C)cc(C)c(N[C@H]3CCN(c4ccccc4C#N)C[C@H]3C)c2C)CC1)S(N)(=O)=O. The summed E-state index contributed by atoms with van der Waals surface area (Å²) in [5.74, 6) is 2.68. The van der Waals surface area contributed by atoms with Crippen molar-refractivity contribution in [1.29, 1.82) is 5.26 Å². The molecule has 11 heteroatoms. The number of rotatable bonds is 6. The number of piperidine rings is 1. The van der Waals surface area contributed by atoms with Crippen molar-refractivity contribution in [3.63, 3.8) is 0 Å². The molecule has 3 N–H and O–H groups in total. The number of terminal acetylenes is 1. The summed E-state index contributed by atoms with van der Waals surface area (Å²) in [4.78, 5) is 23.8. The first-order valence-electron chi connectivity index (χ1n) is 14.7. The fourth-order valence-electron chi connectivity index (χ4n) is 6.38. The number of amidine groups is 1. The summed E-state index contributed by atoms with van der Waals surface area (Å²) in [5.41, 5.74) is 6.25. The third-order valence-corrected chi connectivity index (χ3v) is 9.52. The van der Waals surface area contributed by atoms with Crippen LogP contribution in [0.1, 0.15) is 46.0 Å². The number of nitriles is 1. The van der Waals surface area contributed by atoms with Crippen LogP contribution in [0.5, 0.6) is 0 Å². The van der Waals surface area contributed by atoms with E-state index in [1.54, 1.807) is 9.80 Å². The quantitative estimate of drug-likeness (QED) is 0.289. The van der Waals surface area contributed by atoms with Crippen molar-refractivity contribution in [1.82, 2.24) is 9.80 Å². The van der Waals surface area contributed by atoms with Crippen LogP contribution in [0.2, 0.25) is 0 Å². The fraction of sp³-hybridized carbons (Fsp3) is 0.424. The van der Waals surface area contributed by atoms with Crippen LogP contribution in [0.3, 0.4) is 0 Å². The molecule has 0 aromatic heterocycles. The minimum Gasteiger partial charge on any atom is -0.381 e. The van der Waals surface area contributed by atoms with E-state index in [4.69, 9.17) is 11.6 Å². The number of piperazine rings is 1. The Kier molecular flexibility index (Phi) is 10.0. The molecule has 4 rings (SSSR count). The standard InChI is InChI=1S/C33H41N7O3S/c1-7-10-29(44(35,42)43)32(36-6)38-15-17-39(18-16-38)33(41)30-22(2)19-23(3)31(25(30)5)37-27-13-14-40(21-24(27)4)28-12-9-8-11-26(28)20-34/h1,8-12,19,24,27,37H,13-18,21H2,2-6H3,(H2,35,42,43)/b29-10+,36-32?/t24-,27+/m1/s1. The Morgan fingerprint density at radius 2 is 1.77 bits per heavy atom. The zero-order valence-corrected chi connectivity index (χ0v) is 26.9. The van der Waals surface area contributed by atoms with Crippen LogP contribution < -0.4 is 15.4 Å². The van der Waals surface area contributed by atoms with Gasteiger partial charge < -0.3 is 20.0 Å². The van der Waals surface area contributed by atoms with Gasteiger partial charge >= 0.3 is 0 Å². The van der Waals surface area contributed by atoms with Crippen LogP contribution in [0.4, 0.5) is 11.4 Å². The van der Waals surface area contributed by atoms with Gasteiger partial charge in [0.2, 0.25) is 10.0 Å². The number of aliphatic imine (C=N–C) groups is 1. The van der Waals surface area contributed by atoms with Crippen LogP contribution in [0, 0.1) is 50.4 Å². The number of hydrogen-bond donors (Lipinski definition) is 2. The molecular formula is C33H41N7O3S. The van der Waals surface area contributed by atoms with Crippen LogP contribution in [-0.2, 0) is 10.0 Å². The number of primary sulfonamides is 1. The Morgan fingerprint density at radius 1 is 1.11 bits per heavy atom. The average molecular weight is 616 g/mol. The molecule has 2 saturated heterocycles. The highest BCUT2D eigenvalue weighted by Gasteiger charge is 2.32. The summed E-state index contributed by atoms with van der Waals surface area (Å²) in [7, 11) is -2.58. The number of para-hydroxylation sites is 1. The van der Waals surface area contributed by atoms with E-state index in [2.05, 4.69) is 47.1 Å². The summed E-state index contributed by atoms with van der Waals surface area (Å²) in [6.07, 6.45) is 7.35. The lowest BCUT2D eigenvalue weighted by Gasteiger charge is -2.40. The third-order valence-electron chi connectivity index (χ3n) is 8.61. The number of carbonyl (C=O) groups is 1. The number of allylic oxidation sites excluding steroid dienone is 1. The van der Waals surface area contributed by atoms with Gasteiger partial charge in [0, 0.05) is 69.7 Å². The van der Waals surface area contributed by atoms with E-state index in [-0.39, 0.29) is 22.7 Å². The highest BCUT2D eigenvalue weighted by molar-refractivity contribution is 7.94. The number of sulfonamides is 1. The summed E-state index contributed by atoms with van der Waals surface area (Å²) in [5, 5.41) is 18.7. The van der Waals surface area contributed by atoms with Crippen LogP contribution in [0.15, 0.2) is 46.3 Å². The van der Waals surface area contributed by atoms with E-state index < -0.39 is 10.0 Å². The van der Waals surface area contributed by atoms with Crippen molar-refractivity contribution in [2.45, 2.75) is 40.2 Å². The Hall–Kier alpha value is -4.32. The Balaban J connectivity index is 1.49. The second-order valence-corrected chi connectivity index (χ2v) is 13.1. The van der Waals surface area contributed by atoms with Crippen molar-refractivity contribution < 1.29 is 13.2 Å². The van der Waals surface area contributed by atoms with Gasteiger partial charge in [0.15, 0.2) is 0 Å². The largest absolute Gasteiger partial charge is 0.381 e. The van der Waals surface area contributed by atoms with Gasteiger partial charge in [-0.1, -0.05) is 31.0 Å². The van der Waals surface area contributed by atoms with Gasteiger partial charge in [0.1, 0.15) is 16.8 Å². The van der Waals surface area contributed by atoms with E-state index in [1.165, 1.54) is 7.05 Å². The van der Waals surface area contributed by atoms with Gasteiger partial charge in [-0.15, -0.1) is 6.42 Å². The molecule has 2 fully saturated rings. The van der Waals surface area contributed by atoms with E-state index in [1.807, 2.05) is 38.1 Å². The number of aryl methyl sites for hydroxylation is 2. The Bertz CT molecular complexity index is 1680. The maximum atomic E-state index is 13.9. The third kappa shape index (κ3) is 6.75. The summed E-state index contributed by atoms with van der Waals surface area (Å²) < 4.78 is 24.3. The van der Waals surface area contributed by atoms with Gasteiger partial charge in [0.05, 0.1) is 11.3 Å². The highest BCUT2D eigenvalue weighted by Crippen LogP contribution is 2.33. The number of hydrogen-bond acceptors (Lipinski definition) is 7. The zero-order chi connectivity index (χ0) is 32.2. The van der Waals surface area contributed by atoms with Crippen molar-refractivity contribution in [3.8, 4) is 18.4 Å². The molecule has 2 aliphatic rings. The lowest BCUT2D eigenvalue weighted by Crippen LogP contribution is -2.52. The van der Waals surface area contributed by atoms with E-state index >= 15 is 0 Å². The predicted octanol–water partition coefficient (Wildman–Crippen LogP) is 3.40. The monoisotopic (exact) mass is 615 g/mol. The molecule has 2 heterocycles. The first kappa shape index (κ1) is 32.6. The molecule has 0 aliphatic carbocycles. The summed E-state index contributed by atoms with van der Waals surface area (Å²) >= 11 is 0. The number of amides is 1. The van der Waals surface area contributed by atoms with Gasteiger partial charge in [0.25, 0.3) is 5.91 Å². The normalized spacial score (nSPS) is 19.8. The van der Waals surface area contributed by atoms with E-state index in [9.17, 15) is 18.5 Å². The minimum absolute atomic E-state index is 0.0560. The minimum atomic E-state index is -4.07. The van der Waals surface area contributed by atoms with Gasteiger partial charge in [-0.3, -0.25) is 9.79 Å². The van der Waals surface area contributed by atoms with Crippen LogP contribution in [0.25, 0.3) is 0 Å². The molecule has 2 aliphatic heterocycles. The number of nitrogens with one attached hydrogen (secondary N) is 1. The topological polar surface area (TPSA) is 135 Å². The molecule has 1 amide bonds. The molecule has 232 valence electrons. The predicted molar refractivity (Wildman–Crippen MR) is 176 cm³/mol. The smallest absolute Gasteiger partial charge is 0.254 e. The fourth-order valence-corrected chi connectivity index (χ4v) is 7.09. The van der Waals surface area contributed by atoms with Gasteiger partial charge in [-0.2, -0.15) is 5.26 Å². The first-order chi connectivity index (χ1) is 20.9. The van der Waals surface area contributed by atoms with Gasteiger partial charge in [-0.05, 0) is 61.9 Å². The van der Waals surface area contributed by atoms with E-state index in [0.717, 1.165) is 53.7 Å². The lowest BCUT2D eigenvalue weighted by molar-refractivity contribution is 0.0690. The number of nitrogens with two attached hydrogens (primary N) is 1. The summed E-state index contributed by atoms with van der Waals surface area (Å²) in [6.45, 7) is 11.4. The second-order valence-electron chi connectivity index (χ2n) is 11.5. The Morgan fingerprint density at radius 3 is 2.36 bits per heavy atom. The van der Waals surface area contributed by atoms with Crippen molar-refractivity contribution in [2.75, 3.05) is 56.5 Å². The molecule has 2 aromatic rings.